The van der Waals surface area contributed by atoms with E-state index in [1.165, 1.54) is 43.3 Å². The minimum Gasteiger partial charge on any atom is -0.494 e. The third-order valence-corrected chi connectivity index (χ3v) is 4.31. The molecule has 0 radical (unpaired) electrons. The second-order valence-corrected chi connectivity index (χ2v) is 6.84. The van der Waals surface area contributed by atoms with Gasteiger partial charge in [0.1, 0.15) is 0 Å². The van der Waals surface area contributed by atoms with E-state index in [9.17, 15) is 14.0 Å². The van der Waals surface area contributed by atoms with Crippen molar-refractivity contribution in [2.45, 2.75) is 6.92 Å². The number of nitrogens with one attached hydrogen (secondary N) is 1. The highest BCUT2D eigenvalue weighted by Gasteiger charge is 2.12. The highest BCUT2D eigenvalue weighted by Crippen LogP contribution is 2.20. The number of nitrogens with zero attached hydrogens (tertiary/aromatic N) is 1. The van der Waals surface area contributed by atoms with Crippen molar-refractivity contribution in [1.82, 2.24) is 4.90 Å². The monoisotopic (exact) mass is 434 g/mol. The van der Waals surface area contributed by atoms with Gasteiger partial charge in [0.25, 0.3) is 0 Å². The molecule has 2 amide bonds. The minimum absolute atomic E-state index is 0.102. The van der Waals surface area contributed by atoms with Gasteiger partial charge in [-0.15, -0.1) is 0 Å². The molecule has 27 heavy (non-hydrogen) atoms. The maximum Gasteiger partial charge on any atom is 0.246 e. The first-order valence-corrected chi connectivity index (χ1v) is 8.92. The molecule has 0 aliphatic carbocycles. The zero-order valence-electron chi connectivity index (χ0n) is 15.3. The fourth-order valence-electron chi connectivity index (χ4n) is 2.33. The molecule has 7 heteroatoms. The summed E-state index contributed by atoms with van der Waals surface area (Å²) in [5.41, 5.74) is 2.12. The molecule has 0 fully saturated rings. The van der Waals surface area contributed by atoms with Crippen LogP contribution in [0.25, 0.3) is 6.08 Å². The van der Waals surface area contributed by atoms with Gasteiger partial charge in [-0.05, 0) is 54.5 Å². The first-order chi connectivity index (χ1) is 12.8. The summed E-state index contributed by atoms with van der Waals surface area (Å²) in [4.78, 5) is 25.6. The number of carbonyl (C=O) groups is 2. The Hall–Kier alpha value is -2.67. The average molecular weight is 435 g/mol. The van der Waals surface area contributed by atoms with E-state index in [0.29, 0.717) is 11.3 Å². The average Bonchev–Trinajstić information content (AvgIpc) is 2.62. The molecule has 0 aromatic heterocycles. The number of carbonyl (C=O) groups excluding carboxylic acids is 2. The Balaban J connectivity index is 1.94. The number of aryl methyl sites for hydroxylation is 1. The predicted molar refractivity (Wildman–Crippen MR) is 107 cm³/mol. The predicted octanol–water partition coefficient (Wildman–Crippen LogP) is 4.02. The number of ether oxygens (including phenoxy) is 1. The van der Waals surface area contributed by atoms with E-state index >= 15 is 0 Å². The summed E-state index contributed by atoms with van der Waals surface area (Å²) in [6.45, 7) is 1.78. The molecule has 2 aromatic rings. The topological polar surface area (TPSA) is 58.6 Å². The van der Waals surface area contributed by atoms with Crippen LogP contribution in [0.3, 0.4) is 0 Å². The van der Waals surface area contributed by atoms with E-state index in [1.54, 1.807) is 12.1 Å². The van der Waals surface area contributed by atoms with E-state index in [-0.39, 0.29) is 24.1 Å². The second-order valence-electron chi connectivity index (χ2n) is 5.93. The number of likely N-dealkylation sites (N-methyl/N-ethyl adjacent to an activating group) is 1. The molecule has 0 atom stereocenters. The van der Waals surface area contributed by atoms with E-state index in [1.807, 2.05) is 19.1 Å². The fourth-order valence-corrected chi connectivity index (χ4v) is 2.81. The van der Waals surface area contributed by atoms with Gasteiger partial charge in [-0.3, -0.25) is 9.59 Å². The number of benzene rings is 2. The van der Waals surface area contributed by atoms with Crippen LogP contribution >= 0.6 is 15.9 Å². The summed E-state index contributed by atoms with van der Waals surface area (Å²) in [7, 11) is 2.91. The zero-order chi connectivity index (χ0) is 20.0. The Kier molecular flexibility index (Phi) is 7.12. The standard InChI is InChI=1S/C20H20BrFN2O3/c1-13-10-15(21)6-7-17(13)23-19(25)12-24(2)20(26)9-5-14-4-8-18(27-3)16(22)11-14/h4-11H,12H2,1-3H3,(H,23,25). The molecule has 0 aliphatic heterocycles. The lowest BCUT2D eigenvalue weighted by atomic mass is 10.2. The maximum absolute atomic E-state index is 13.7. The van der Waals surface area contributed by atoms with Crippen LogP contribution in [-0.2, 0) is 9.59 Å². The quantitative estimate of drug-likeness (QED) is 0.698. The highest BCUT2D eigenvalue weighted by molar-refractivity contribution is 9.10. The number of hydrogen-bond acceptors (Lipinski definition) is 3. The molecule has 1 N–H and O–H groups in total. The largest absolute Gasteiger partial charge is 0.494 e. The summed E-state index contributed by atoms with van der Waals surface area (Å²) in [6, 6.07) is 9.89. The third-order valence-electron chi connectivity index (χ3n) is 3.81. The first kappa shape index (κ1) is 20.6. The molecule has 142 valence electrons. The van der Waals surface area contributed by atoms with Crippen molar-refractivity contribution in [3.05, 3.63) is 63.9 Å². The van der Waals surface area contributed by atoms with Gasteiger partial charge in [0.05, 0.1) is 13.7 Å². The van der Waals surface area contributed by atoms with Gasteiger partial charge in [0.15, 0.2) is 11.6 Å². The maximum atomic E-state index is 13.7. The summed E-state index contributed by atoms with van der Waals surface area (Å²) in [5, 5.41) is 2.78. The molecule has 0 unspecified atom stereocenters. The molecule has 0 saturated heterocycles. The van der Waals surface area contributed by atoms with Crippen LogP contribution < -0.4 is 10.1 Å². The van der Waals surface area contributed by atoms with Gasteiger partial charge in [-0.2, -0.15) is 0 Å². The first-order valence-electron chi connectivity index (χ1n) is 8.13. The van der Waals surface area contributed by atoms with E-state index < -0.39 is 5.82 Å². The summed E-state index contributed by atoms with van der Waals surface area (Å²) < 4.78 is 19.4. The summed E-state index contributed by atoms with van der Waals surface area (Å²) in [6.07, 6.45) is 2.78. The van der Waals surface area contributed by atoms with Crippen LogP contribution in [0.15, 0.2) is 46.9 Å². The van der Waals surface area contributed by atoms with Crippen LogP contribution in [0.2, 0.25) is 0 Å². The van der Waals surface area contributed by atoms with E-state index in [2.05, 4.69) is 21.2 Å². The minimum atomic E-state index is -0.510. The normalized spacial score (nSPS) is 10.7. The van der Waals surface area contributed by atoms with Crippen molar-refractivity contribution in [3.63, 3.8) is 0 Å². The van der Waals surface area contributed by atoms with Crippen LogP contribution in [0, 0.1) is 12.7 Å². The molecule has 2 aromatic carbocycles. The lowest BCUT2D eigenvalue weighted by Crippen LogP contribution is -2.34. The molecule has 0 bridgehead atoms. The fraction of sp³-hybridized carbons (Fsp3) is 0.200. The van der Waals surface area contributed by atoms with Crippen LogP contribution in [0.5, 0.6) is 5.75 Å². The number of anilines is 1. The molecular weight excluding hydrogens is 415 g/mol. The van der Waals surface area contributed by atoms with Gasteiger partial charge < -0.3 is 15.0 Å². The Morgan fingerprint density at radius 1 is 1.26 bits per heavy atom. The van der Waals surface area contributed by atoms with Gasteiger partial charge in [0, 0.05) is 23.3 Å². The van der Waals surface area contributed by atoms with Crippen LogP contribution in [0.1, 0.15) is 11.1 Å². The van der Waals surface area contributed by atoms with Crippen molar-refractivity contribution in [3.8, 4) is 5.75 Å². The van der Waals surface area contributed by atoms with Gasteiger partial charge in [-0.25, -0.2) is 4.39 Å². The Morgan fingerprint density at radius 2 is 2.00 bits per heavy atom. The van der Waals surface area contributed by atoms with Crippen molar-refractivity contribution < 1.29 is 18.7 Å². The van der Waals surface area contributed by atoms with E-state index in [4.69, 9.17) is 4.74 Å². The molecule has 5 nitrogen and oxygen atoms in total. The van der Waals surface area contributed by atoms with E-state index in [0.717, 1.165) is 10.0 Å². The highest BCUT2D eigenvalue weighted by atomic mass is 79.9. The Labute approximate surface area is 165 Å². The Bertz CT molecular complexity index is 884. The molecule has 0 saturated carbocycles. The van der Waals surface area contributed by atoms with Crippen LogP contribution in [-0.4, -0.2) is 37.4 Å². The number of rotatable bonds is 6. The lowest BCUT2D eigenvalue weighted by molar-refractivity contribution is -0.129. The number of halogens is 2. The lowest BCUT2D eigenvalue weighted by Gasteiger charge is -2.15. The third kappa shape index (κ3) is 5.92. The van der Waals surface area contributed by atoms with Crippen molar-refractivity contribution >= 4 is 39.5 Å². The van der Waals surface area contributed by atoms with Gasteiger partial charge in [0.2, 0.25) is 11.8 Å². The molecule has 0 heterocycles. The zero-order valence-corrected chi connectivity index (χ0v) is 16.8. The van der Waals surface area contributed by atoms with Crippen molar-refractivity contribution in [1.29, 1.82) is 0 Å². The van der Waals surface area contributed by atoms with Crippen LogP contribution in [0.4, 0.5) is 10.1 Å². The summed E-state index contributed by atoms with van der Waals surface area (Å²) >= 11 is 3.37. The molecule has 0 spiro atoms. The number of hydrogen-bond donors (Lipinski definition) is 1. The van der Waals surface area contributed by atoms with Crippen molar-refractivity contribution in [2.75, 3.05) is 26.0 Å². The number of methoxy groups -OCH3 is 1. The molecule has 0 aliphatic rings. The summed E-state index contributed by atoms with van der Waals surface area (Å²) in [5.74, 6) is -1.05. The Morgan fingerprint density at radius 3 is 2.63 bits per heavy atom. The molecular formula is C20H20BrFN2O3. The van der Waals surface area contributed by atoms with Crippen molar-refractivity contribution in [2.24, 2.45) is 0 Å². The van der Waals surface area contributed by atoms with Gasteiger partial charge in [-0.1, -0.05) is 22.0 Å². The second kappa shape index (κ2) is 9.32. The molecule has 2 rings (SSSR count). The van der Waals surface area contributed by atoms with Gasteiger partial charge >= 0.3 is 0 Å². The number of amides is 2. The SMILES string of the molecule is COc1ccc(C=CC(=O)N(C)CC(=O)Nc2ccc(Br)cc2C)cc1F. The smallest absolute Gasteiger partial charge is 0.246 e.